The van der Waals surface area contributed by atoms with E-state index in [0.717, 1.165) is 6.42 Å². The Kier molecular flexibility index (Phi) is 4.48. The standard InChI is InChI=1S/C14H15Cl2NO2/c1-2-4-8-9(7-12(18)17-14(8)19)13-10(15)5-3-6-11(13)16/h3,5-6,8-9H,2,4,7H2,1H3,(H,17,18,19). The first-order valence-corrected chi connectivity index (χ1v) is 7.07. The highest BCUT2D eigenvalue weighted by Gasteiger charge is 2.37. The number of benzene rings is 1. The van der Waals surface area contributed by atoms with Crippen molar-refractivity contribution in [3.05, 3.63) is 33.8 Å². The van der Waals surface area contributed by atoms with Gasteiger partial charge in [-0.1, -0.05) is 42.6 Å². The molecule has 2 unspecified atom stereocenters. The zero-order valence-electron chi connectivity index (χ0n) is 10.6. The molecule has 1 aromatic carbocycles. The van der Waals surface area contributed by atoms with Gasteiger partial charge < -0.3 is 0 Å². The number of imide groups is 1. The number of nitrogens with one attached hydrogen (secondary N) is 1. The Labute approximate surface area is 122 Å². The molecular formula is C14H15Cl2NO2. The van der Waals surface area contributed by atoms with E-state index in [2.05, 4.69) is 5.32 Å². The van der Waals surface area contributed by atoms with Crippen molar-refractivity contribution in [3.8, 4) is 0 Å². The fraction of sp³-hybridized carbons (Fsp3) is 0.429. The monoisotopic (exact) mass is 299 g/mol. The molecule has 0 spiro atoms. The zero-order valence-corrected chi connectivity index (χ0v) is 12.1. The second-order valence-corrected chi connectivity index (χ2v) is 5.57. The maximum absolute atomic E-state index is 12.0. The predicted molar refractivity (Wildman–Crippen MR) is 75.4 cm³/mol. The molecule has 2 rings (SSSR count). The quantitative estimate of drug-likeness (QED) is 0.868. The lowest BCUT2D eigenvalue weighted by molar-refractivity contribution is -0.137. The Morgan fingerprint density at radius 1 is 1.26 bits per heavy atom. The van der Waals surface area contributed by atoms with Gasteiger partial charge in [0.05, 0.1) is 0 Å². The molecule has 2 amide bonds. The van der Waals surface area contributed by atoms with Crippen molar-refractivity contribution in [2.75, 3.05) is 0 Å². The summed E-state index contributed by atoms with van der Waals surface area (Å²) in [5.41, 5.74) is 0.715. The minimum absolute atomic E-state index is 0.223. The first-order chi connectivity index (χ1) is 9.04. The largest absolute Gasteiger partial charge is 0.296 e. The van der Waals surface area contributed by atoms with Gasteiger partial charge in [0.25, 0.3) is 0 Å². The van der Waals surface area contributed by atoms with Crippen LogP contribution in [-0.2, 0) is 9.59 Å². The topological polar surface area (TPSA) is 46.2 Å². The van der Waals surface area contributed by atoms with E-state index in [1.165, 1.54) is 0 Å². The van der Waals surface area contributed by atoms with E-state index in [1.807, 2.05) is 6.92 Å². The minimum atomic E-state index is -0.265. The lowest BCUT2D eigenvalue weighted by Gasteiger charge is -2.31. The molecule has 1 N–H and O–H groups in total. The van der Waals surface area contributed by atoms with Gasteiger partial charge in [0, 0.05) is 28.3 Å². The number of amides is 2. The Bertz CT molecular complexity index is 496. The number of piperidine rings is 1. The van der Waals surface area contributed by atoms with E-state index in [4.69, 9.17) is 23.2 Å². The van der Waals surface area contributed by atoms with E-state index in [0.29, 0.717) is 22.0 Å². The van der Waals surface area contributed by atoms with Crippen LogP contribution in [0.2, 0.25) is 10.0 Å². The highest BCUT2D eigenvalue weighted by atomic mass is 35.5. The van der Waals surface area contributed by atoms with E-state index < -0.39 is 0 Å². The van der Waals surface area contributed by atoms with Gasteiger partial charge in [-0.25, -0.2) is 0 Å². The summed E-state index contributed by atoms with van der Waals surface area (Å²) in [4.78, 5) is 23.6. The van der Waals surface area contributed by atoms with Gasteiger partial charge in [-0.3, -0.25) is 14.9 Å². The van der Waals surface area contributed by atoms with Crippen LogP contribution in [0.3, 0.4) is 0 Å². The van der Waals surface area contributed by atoms with Crippen LogP contribution in [0.4, 0.5) is 0 Å². The predicted octanol–water partition coefficient (Wildman–Crippen LogP) is 3.54. The second-order valence-electron chi connectivity index (χ2n) is 4.75. The number of halogens is 2. The van der Waals surface area contributed by atoms with Crippen LogP contribution < -0.4 is 5.32 Å². The summed E-state index contributed by atoms with van der Waals surface area (Å²) in [6.07, 6.45) is 1.83. The van der Waals surface area contributed by atoms with Gasteiger partial charge in [-0.15, -0.1) is 0 Å². The van der Waals surface area contributed by atoms with Crippen molar-refractivity contribution in [3.63, 3.8) is 0 Å². The van der Waals surface area contributed by atoms with Gasteiger partial charge in [-0.05, 0) is 24.1 Å². The molecule has 1 aliphatic heterocycles. The minimum Gasteiger partial charge on any atom is -0.296 e. The summed E-state index contributed by atoms with van der Waals surface area (Å²) in [6.45, 7) is 2.01. The summed E-state index contributed by atoms with van der Waals surface area (Å²) < 4.78 is 0. The Balaban J connectivity index is 2.43. The number of rotatable bonds is 3. The summed E-state index contributed by atoms with van der Waals surface area (Å²) in [5.74, 6) is -0.972. The van der Waals surface area contributed by atoms with Crippen LogP contribution in [0.1, 0.15) is 37.7 Å². The molecule has 1 saturated heterocycles. The molecule has 2 atom stereocenters. The van der Waals surface area contributed by atoms with E-state index >= 15 is 0 Å². The molecule has 1 fully saturated rings. The maximum atomic E-state index is 12.0. The fourth-order valence-electron chi connectivity index (χ4n) is 2.62. The molecule has 0 aliphatic carbocycles. The SMILES string of the molecule is CCCC1C(=O)NC(=O)CC1c1c(Cl)cccc1Cl. The Hall–Kier alpha value is -1.06. The van der Waals surface area contributed by atoms with Crippen LogP contribution in [0.15, 0.2) is 18.2 Å². The smallest absolute Gasteiger partial charge is 0.230 e. The van der Waals surface area contributed by atoms with Crippen molar-refractivity contribution >= 4 is 35.0 Å². The van der Waals surface area contributed by atoms with Gasteiger partial charge in [0.15, 0.2) is 0 Å². The van der Waals surface area contributed by atoms with Crippen molar-refractivity contribution in [2.24, 2.45) is 5.92 Å². The molecule has 19 heavy (non-hydrogen) atoms. The number of hydrogen-bond donors (Lipinski definition) is 1. The summed E-state index contributed by atoms with van der Waals surface area (Å²) in [7, 11) is 0. The average molecular weight is 300 g/mol. The third kappa shape index (κ3) is 2.93. The molecule has 3 nitrogen and oxygen atoms in total. The second kappa shape index (κ2) is 5.93. The molecular weight excluding hydrogens is 285 g/mol. The lowest BCUT2D eigenvalue weighted by Crippen LogP contribution is -2.44. The average Bonchev–Trinajstić information content (AvgIpc) is 2.33. The molecule has 1 aromatic rings. The van der Waals surface area contributed by atoms with Gasteiger partial charge in [0.1, 0.15) is 0 Å². The van der Waals surface area contributed by atoms with E-state index in [9.17, 15) is 9.59 Å². The van der Waals surface area contributed by atoms with E-state index in [1.54, 1.807) is 18.2 Å². The lowest BCUT2D eigenvalue weighted by atomic mass is 9.78. The van der Waals surface area contributed by atoms with Gasteiger partial charge in [-0.2, -0.15) is 0 Å². The van der Waals surface area contributed by atoms with Crippen molar-refractivity contribution in [2.45, 2.75) is 32.1 Å². The third-order valence-electron chi connectivity index (χ3n) is 3.46. The molecule has 102 valence electrons. The van der Waals surface area contributed by atoms with Crippen molar-refractivity contribution in [1.82, 2.24) is 5.32 Å². The molecule has 0 aromatic heterocycles. The highest BCUT2D eigenvalue weighted by molar-refractivity contribution is 6.36. The fourth-order valence-corrected chi connectivity index (χ4v) is 3.30. The summed E-state index contributed by atoms with van der Waals surface area (Å²) in [6, 6.07) is 5.24. The van der Waals surface area contributed by atoms with E-state index in [-0.39, 0.29) is 30.1 Å². The van der Waals surface area contributed by atoms with Crippen LogP contribution in [0.25, 0.3) is 0 Å². The van der Waals surface area contributed by atoms with Gasteiger partial charge in [0.2, 0.25) is 11.8 Å². The van der Waals surface area contributed by atoms with Crippen LogP contribution >= 0.6 is 23.2 Å². The number of hydrogen-bond acceptors (Lipinski definition) is 2. The summed E-state index contributed by atoms with van der Waals surface area (Å²) in [5, 5.41) is 3.42. The van der Waals surface area contributed by atoms with Crippen LogP contribution in [0.5, 0.6) is 0 Å². The third-order valence-corrected chi connectivity index (χ3v) is 4.12. The van der Waals surface area contributed by atoms with Crippen molar-refractivity contribution < 1.29 is 9.59 Å². The van der Waals surface area contributed by atoms with Crippen LogP contribution in [0, 0.1) is 5.92 Å². The maximum Gasteiger partial charge on any atom is 0.230 e. The molecule has 0 saturated carbocycles. The first kappa shape index (κ1) is 14.4. The number of carbonyl (C=O) groups excluding carboxylic acids is 2. The number of carbonyl (C=O) groups is 2. The zero-order chi connectivity index (χ0) is 14.0. The summed E-state index contributed by atoms with van der Waals surface area (Å²) >= 11 is 12.4. The Morgan fingerprint density at radius 3 is 2.47 bits per heavy atom. The molecule has 1 heterocycles. The highest BCUT2D eigenvalue weighted by Crippen LogP contribution is 2.41. The molecule has 0 radical (unpaired) electrons. The molecule has 5 heteroatoms. The van der Waals surface area contributed by atoms with Crippen molar-refractivity contribution in [1.29, 1.82) is 0 Å². The first-order valence-electron chi connectivity index (χ1n) is 6.32. The molecule has 0 bridgehead atoms. The Morgan fingerprint density at radius 2 is 1.89 bits per heavy atom. The molecule has 1 aliphatic rings. The van der Waals surface area contributed by atoms with Gasteiger partial charge >= 0.3 is 0 Å². The normalized spacial score (nSPS) is 23.3. The van der Waals surface area contributed by atoms with Crippen LogP contribution in [-0.4, -0.2) is 11.8 Å².